The van der Waals surface area contributed by atoms with E-state index in [0.29, 0.717) is 16.7 Å². The van der Waals surface area contributed by atoms with E-state index >= 15 is 0 Å². The molecule has 0 aliphatic carbocycles. The van der Waals surface area contributed by atoms with Crippen molar-refractivity contribution in [3.8, 4) is 0 Å². The van der Waals surface area contributed by atoms with Gasteiger partial charge in [-0.25, -0.2) is 14.1 Å². The number of anilines is 1. The van der Waals surface area contributed by atoms with E-state index in [1.165, 1.54) is 6.07 Å². The number of nitrogen functional groups attached to an aromatic ring is 1. The van der Waals surface area contributed by atoms with Gasteiger partial charge in [0.25, 0.3) is 0 Å². The summed E-state index contributed by atoms with van der Waals surface area (Å²) in [6.45, 7) is 0. The van der Waals surface area contributed by atoms with Gasteiger partial charge in [-0.05, 0) is 18.2 Å². The van der Waals surface area contributed by atoms with Gasteiger partial charge in [0.1, 0.15) is 6.33 Å². The fourth-order valence-corrected chi connectivity index (χ4v) is 1.80. The Morgan fingerprint density at radius 1 is 1.36 bits per heavy atom. The summed E-state index contributed by atoms with van der Waals surface area (Å²) in [5, 5.41) is 4.97. The quantitative estimate of drug-likeness (QED) is 0.631. The predicted molar refractivity (Wildman–Crippen MR) is 52.7 cm³/mol. The molecule has 6 nitrogen and oxygen atoms in total. The van der Waals surface area contributed by atoms with Crippen LogP contribution in [0.3, 0.4) is 0 Å². The highest BCUT2D eigenvalue weighted by atomic mass is 32.2. The third kappa shape index (κ3) is 1.32. The first kappa shape index (κ1) is 8.97. The van der Waals surface area contributed by atoms with Crippen molar-refractivity contribution in [3.05, 3.63) is 24.5 Å². The van der Waals surface area contributed by atoms with Crippen LogP contribution in [0, 0.1) is 0 Å². The molecule has 2 rings (SSSR count). The van der Waals surface area contributed by atoms with Crippen LogP contribution in [0.15, 0.2) is 24.5 Å². The number of hydrogen-bond acceptors (Lipinski definition) is 4. The molecule has 0 saturated carbocycles. The van der Waals surface area contributed by atoms with Gasteiger partial charge in [-0.3, -0.25) is 0 Å². The van der Waals surface area contributed by atoms with Crippen LogP contribution in [-0.4, -0.2) is 17.4 Å². The van der Waals surface area contributed by atoms with Crippen molar-refractivity contribution in [1.29, 1.82) is 0 Å². The fourth-order valence-electron chi connectivity index (χ4n) is 1.21. The monoisotopic (exact) mass is 212 g/mol. The average molecular weight is 212 g/mol. The molecule has 0 aliphatic rings. The summed E-state index contributed by atoms with van der Waals surface area (Å²) in [6.07, 6.45) is 1.15. The number of nitrogens with zero attached hydrogens (tertiary/aromatic N) is 2. The first-order valence-electron chi connectivity index (χ1n) is 3.74. The Morgan fingerprint density at radius 3 is 2.71 bits per heavy atom. The lowest BCUT2D eigenvalue weighted by atomic mass is 10.3. The molecule has 0 bridgehead atoms. The zero-order valence-electron chi connectivity index (χ0n) is 7.08. The zero-order valence-corrected chi connectivity index (χ0v) is 7.90. The van der Waals surface area contributed by atoms with Crippen molar-refractivity contribution in [2.75, 3.05) is 5.73 Å². The maximum absolute atomic E-state index is 11.1. The molecule has 1 heterocycles. The molecule has 0 spiro atoms. The van der Waals surface area contributed by atoms with Crippen LogP contribution >= 0.6 is 0 Å². The van der Waals surface area contributed by atoms with Crippen LogP contribution in [-0.2, 0) is 10.2 Å². The zero-order chi connectivity index (χ0) is 10.3. The molecule has 4 N–H and O–H groups in total. The lowest BCUT2D eigenvalue weighted by molar-refractivity contribution is 0.590. The summed E-state index contributed by atoms with van der Waals surface area (Å²) in [6, 6.07) is 4.78. The lowest BCUT2D eigenvalue weighted by Crippen LogP contribution is -2.20. The third-order valence-electron chi connectivity index (χ3n) is 1.81. The second kappa shape index (κ2) is 2.69. The SMILES string of the molecule is Nc1ccc2ncn(S(N)(=O)=O)c2c1. The van der Waals surface area contributed by atoms with E-state index in [0.717, 1.165) is 10.3 Å². The summed E-state index contributed by atoms with van der Waals surface area (Å²) < 4.78 is 23.0. The Bertz CT molecular complexity index is 587. The largest absolute Gasteiger partial charge is 0.399 e. The molecule has 2 aromatic rings. The Labute approximate surface area is 80.3 Å². The lowest BCUT2D eigenvalue weighted by Gasteiger charge is -1.99. The van der Waals surface area contributed by atoms with Gasteiger partial charge >= 0.3 is 10.2 Å². The summed E-state index contributed by atoms with van der Waals surface area (Å²) in [4.78, 5) is 3.87. The molecule has 0 radical (unpaired) electrons. The minimum absolute atomic E-state index is 0.382. The van der Waals surface area contributed by atoms with Gasteiger partial charge in [0.2, 0.25) is 0 Å². The minimum atomic E-state index is -3.80. The maximum Gasteiger partial charge on any atom is 0.304 e. The van der Waals surface area contributed by atoms with Crippen LogP contribution < -0.4 is 10.9 Å². The molecule has 74 valence electrons. The second-order valence-electron chi connectivity index (χ2n) is 2.83. The normalized spacial score (nSPS) is 12.1. The van der Waals surface area contributed by atoms with Crippen molar-refractivity contribution in [2.45, 2.75) is 0 Å². The second-order valence-corrected chi connectivity index (χ2v) is 4.26. The van der Waals surface area contributed by atoms with Crippen molar-refractivity contribution >= 4 is 26.9 Å². The van der Waals surface area contributed by atoms with E-state index < -0.39 is 10.2 Å². The van der Waals surface area contributed by atoms with E-state index in [2.05, 4.69) is 4.98 Å². The van der Waals surface area contributed by atoms with Crippen molar-refractivity contribution in [2.24, 2.45) is 5.14 Å². The van der Waals surface area contributed by atoms with Gasteiger partial charge in [0.15, 0.2) is 0 Å². The fraction of sp³-hybridized carbons (Fsp3) is 0. The highest BCUT2D eigenvalue weighted by Gasteiger charge is 2.10. The van der Waals surface area contributed by atoms with Crippen LogP contribution in [0.1, 0.15) is 0 Å². The maximum atomic E-state index is 11.1. The highest BCUT2D eigenvalue weighted by Crippen LogP contribution is 2.16. The van der Waals surface area contributed by atoms with Gasteiger partial charge < -0.3 is 5.73 Å². The summed E-state index contributed by atoms with van der Waals surface area (Å²) in [5.74, 6) is 0. The van der Waals surface area contributed by atoms with Crippen molar-refractivity contribution in [1.82, 2.24) is 8.96 Å². The van der Waals surface area contributed by atoms with E-state index in [9.17, 15) is 8.42 Å². The van der Waals surface area contributed by atoms with Crippen LogP contribution in [0.25, 0.3) is 11.0 Å². The number of aromatic nitrogens is 2. The molecule has 1 aromatic carbocycles. The molecule has 0 fully saturated rings. The standard InChI is InChI=1S/C7H8N4O2S/c8-5-1-2-6-7(3-5)11(4-10-6)14(9,12)13/h1-4H,8H2,(H2,9,12,13). The summed E-state index contributed by atoms with van der Waals surface area (Å²) in [5.41, 5.74) is 6.90. The third-order valence-corrected chi connectivity index (χ3v) is 2.65. The minimum Gasteiger partial charge on any atom is -0.399 e. The Morgan fingerprint density at radius 2 is 2.07 bits per heavy atom. The van der Waals surface area contributed by atoms with Gasteiger partial charge in [-0.2, -0.15) is 8.42 Å². The van der Waals surface area contributed by atoms with Gasteiger partial charge in [0, 0.05) is 5.69 Å². The molecule has 0 unspecified atom stereocenters. The number of imidazole rings is 1. The Kier molecular flexibility index (Phi) is 1.73. The molecule has 0 saturated heterocycles. The van der Waals surface area contributed by atoms with Gasteiger partial charge in [0.05, 0.1) is 11.0 Å². The summed E-state index contributed by atoms with van der Waals surface area (Å²) in [7, 11) is -3.80. The Hall–Kier alpha value is -1.60. The van der Waals surface area contributed by atoms with E-state index in [-0.39, 0.29) is 0 Å². The number of nitrogens with two attached hydrogens (primary N) is 2. The van der Waals surface area contributed by atoms with Gasteiger partial charge in [-0.1, -0.05) is 0 Å². The van der Waals surface area contributed by atoms with Crippen LogP contribution in [0.5, 0.6) is 0 Å². The summed E-state index contributed by atoms with van der Waals surface area (Å²) >= 11 is 0. The molecule has 0 amide bonds. The molecule has 1 aromatic heterocycles. The average Bonchev–Trinajstić information content (AvgIpc) is 2.45. The van der Waals surface area contributed by atoms with Crippen molar-refractivity contribution < 1.29 is 8.42 Å². The van der Waals surface area contributed by atoms with E-state index in [4.69, 9.17) is 10.9 Å². The van der Waals surface area contributed by atoms with Crippen LogP contribution in [0.4, 0.5) is 5.69 Å². The number of rotatable bonds is 1. The molecular weight excluding hydrogens is 204 g/mol. The smallest absolute Gasteiger partial charge is 0.304 e. The molecule has 0 atom stereocenters. The highest BCUT2D eigenvalue weighted by molar-refractivity contribution is 7.87. The van der Waals surface area contributed by atoms with Crippen LogP contribution in [0.2, 0.25) is 0 Å². The Balaban J connectivity index is 2.87. The van der Waals surface area contributed by atoms with E-state index in [1.54, 1.807) is 12.1 Å². The van der Waals surface area contributed by atoms with E-state index in [1.807, 2.05) is 0 Å². The molecule has 14 heavy (non-hydrogen) atoms. The predicted octanol–water partition coefficient (Wildman–Crippen LogP) is -0.330. The molecule has 0 aliphatic heterocycles. The van der Waals surface area contributed by atoms with Gasteiger partial charge in [-0.15, -0.1) is 0 Å². The number of benzene rings is 1. The topological polar surface area (TPSA) is 104 Å². The first-order chi connectivity index (χ1) is 6.48. The number of fused-ring (bicyclic) bond motifs is 1. The van der Waals surface area contributed by atoms with Crippen molar-refractivity contribution in [3.63, 3.8) is 0 Å². The molecule has 7 heteroatoms. The first-order valence-corrected chi connectivity index (χ1v) is 5.25. The number of hydrogen-bond donors (Lipinski definition) is 2. The molecular formula is C7H8N4O2S.